The van der Waals surface area contributed by atoms with E-state index in [-0.39, 0.29) is 12.2 Å². The molecule has 0 saturated carbocycles. The molecule has 0 aliphatic rings. The lowest BCUT2D eigenvalue weighted by atomic mass is 10.1. The van der Waals surface area contributed by atoms with Crippen molar-refractivity contribution in [2.24, 2.45) is 0 Å². The molecule has 1 aromatic carbocycles. The summed E-state index contributed by atoms with van der Waals surface area (Å²) < 4.78 is 33.7. The minimum Gasteiger partial charge on any atom is -0.321 e. The van der Waals surface area contributed by atoms with Gasteiger partial charge in [-0.3, -0.25) is 9.35 Å². The van der Waals surface area contributed by atoms with E-state index in [9.17, 15) is 13.2 Å². The second kappa shape index (κ2) is 14.9. The van der Waals surface area contributed by atoms with Gasteiger partial charge in [0.1, 0.15) is 0 Å². The maximum atomic E-state index is 11.2. The number of benzene rings is 1. The average molecular weight is 537 g/mol. The van der Waals surface area contributed by atoms with Crippen molar-refractivity contribution in [2.75, 3.05) is 6.61 Å². The van der Waals surface area contributed by atoms with Crippen molar-refractivity contribution in [2.45, 2.75) is 71.1 Å². The summed E-state index contributed by atoms with van der Waals surface area (Å²) in [5.41, 5.74) is 0.872. The first-order chi connectivity index (χ1) is 13.8. The van der Waals surface area contributed by atoms with Crippen LogP contribution in [0.15, 0.2) is 35.1 Å². The zero-order valence-corrected chi connectivity index (χ0v) is 20.0. The fourth-order valence-electron chi connectivity index (χ4n) is 2.87. The minimum absolute atomic E-state index is 0.0192. The van der Waals surface area contributed by atoms with Gasteiger partial charge in [-0.05, 0) is 46.5 Å². The molecule has 0 aliphatic carbocycles. The van der Waals surface area contributed by atoms with E-state index in [0.717, 1.165) is 27.3 Å². The molecule has 0 spiro atoms. The topological polar surface area (TPSA) is 96.5 Å². The molecule has 2 N–H and O–H groups in total. The largest absolute Gasteiger partial charge is 0.397 e. The van der Waals surface area contributed by atoms with Gasteiger partial charge in [0.2, 0.25) is 0 Å². The normalized spacial score (nSPS) is 11.3. The predicted octanol–water partition coefficient (Wildman–Crippen LogP) is 5.86. The molecule has 0 saturated heterocycles. The van der Waals surface area contributed by atoms with Crippen LogP contribution in [0.3, 0.4) is 0 Å². The van der Waals surface area contributed by atoms with E-state index >= 15 is 0 Å². The van der Waals surface area contributed by atoms with Crippen molar-refractivity contribution in [1.29, 1.82) is 0 Å². The van der Waals surface area contributed by atoms with Gasteiger partial charge < -0.3 is 4.98 Å². The van der Waals surface area contributed by atoms with Crippen LogP contribution in [-0.2, 0) is 14.6 Å². The number of unbranched alkanes of at least 4 members (excludes halogenated alkanes) is 9. The van der Waals surface area contributed by atoms with Crippen molar-refractivity contribution in [3.05, 3.63) is 44.3 Å². The Labute approximate surface area is 187 Å². The Kier molecular flexibility index (Phi) is 13.4. The number of rotatable bonds is 12. The maximum absolute atomic E-state index is 11.2. The lowest BCUT2D eigenvalue weighted by Gasteiger charge is -2.02. The molecule has 8 heteroatoms. The molecule has 0 atom stereocenters. The highest BCUT2D eigenvalue weighted by molar-refractivity contribution is 14.1. The van der Waals surface area contributed by atoms with Gasteiger partial charge in [0.15, 0.2) is 0 Å². The highest BCUT2D eigenvalue weighted by atomic mass is 127. The number of hydrogen-bond acceptors (Lipinski definition) is 4. The number of aromatic amines is 1. The number of aromatic nitrogens is 1. The van der Waals surface area contributed by atoms with E-state index in [2.05, 4.69) is 16.1 Å². The predicted molar refractivity (Wildman–Crippen MR) is 127 cm³/mol. The van der Waals surface area contributed by atoms with Crippen LogP contribution < -0.4 is 5.56 Å². The summed E-state index contributed by atoms with van der Waals surface area (Å²) in [7, 11) is -4.23. The molecular weight excluding hydrogens is 505 g/mol. The van der Waals surface area contributed by atoms with E-state index in [1.165, 1.54) is 44.9 Å². The van der Waals surface area contributed by atoms with Crippen molar-refractivity contribution in [3.63, 3.8) is 0 Å². The number of halogens is 1. The standard InChI is InChI=1S/C12H26O4S.C9H6INO/c1-2-3-4-5-6-7-8-9-10-11-12-16-17(13,14)15;10-7-5-6-3-1-2-4-8(6)11-9(7)12/h2-12H2,1H3,(H,13,14,15);1-5H,(H,11,12). The molecule has 29 heavy (non-hydrogen) atoms. The van der Waals surface area contributed by atoms with Gasteiger partial charge in [0, 0.05) is 5.52 Å². The Balaban J connectivity index is 0.000000304. The van der Waals surface area contributed by atoms with Gasteiger partial charge in [-0.2, -0.15) is 8.42 Å². The summed E-state index contributed by atoms with van der Waals surface area (Å²) in [6.07, 6.45) is 11.9. The van der Waals surface area contributed by atoms with Crippen LogP contribution in [0, 0.1) is 3.57 Å². The van der Waals surface area contributed by atoms with Crippen LogP contribution in [0.5, 0.6) is 0 Å². The molecule has 6 nitrogen and oxygen atoms in total. The minimum atomic E-state index is -4.23. The van der Waals surface area contributed by atoms with E-state index in [0.29, 0.717) is 6.42 Å². The van der Waals surface area contributed by atoms with Gasteiger partial charge in [-0.25, -0.2) is 4.18 Å². The number of para-hydroxylation sites is 1. The number of nitrogens with one attached hydrogen (secondary N) is 1. The second-order valence-corrected chi connectivity index (χ2v) is 9.22. The van der Waals surface area contributed by atoms with E-state index in [1.54, 1.807) is 0 Å². The van der Waals surface area contributed by atoms with Crippen LogP contribution in [0.25, 0.3) is 10.9 Å². The van der Waals surface area contributed by atoms with Gasteiger partial charge >= 0.3 is 10.4 Å². The van der Waals surface area contributed by atoms with Crippen molar-refractivity contribution in [1.82, 2.24) is 4.98 Å². The van der Waals surface area contributed by atoms with Gasteiger partial charge in [-0.15, -0.1) is 0 Å². The summed E-state index contributed by atoms with van der Waals surface area (Å²) in [6, 6.07) is 9.62. The second-order valence-electron chi connectivity index (χ2n) is 6.97. The van der Waals surface area contributed by atoms with Crippen molar-refractivity contribution < 1.29 is 17.2 Å². The van der Waals surface area contributed by atoms with Crippen LogP contribution >= 0.6 is 22.6 Å². The van der Waals surface area contributed by atoms with E-state index < -0.39 is 10.4 Å². The first-order valence-corrected chi connectivity index (χ1v) is 12.7. The summed E-state index contributed by atoms with van der Waals surface area (Å²) in [4.78, 5) is 14.0. The van der Waals surface area contributed by atoms with Gasteiger partial charge in [0.05, 0.1) is 10.2 Å². The average Bonchev–Trinajstić information content (AvgIpc) is 2.67. The summed E-state index contributed by atoms with van der Waals surface area (Å²) >= 11 is 2.03. The third-order valence-corrected chi connectivity index (χ3v) is 5.70. The highest BCUT2D eigenvalue weighted by Crippen LogP contribution is 2.11. The Morgan fingerprint density at radius 3 is 2.10 bits per heavy atom. The Morgan fingerprint density at radius 1 is 0.966 bits per heavy atom. The van der Waals surface area contributed by atoms with Gasteiger partial charge in [-0.1, -0.05) is 82.9 Å². The Hall–Kier alpha value is -0.970. The van der Waals surface area contributed by atoms with E-state index in [1.807, 2.05) is 52.9 Å². The smallest absolute Gasteiger partial charge is 0.321 e. The highest BCUT2D eigenvalue weighted by Gasteiger charge is 2.02. The lowest BCUT2D eigenvalue weighted by Crippen LogP contribution is -2.08. The van der Waals surface area contributed by atoms with E-state index in [4.69, 9.17) is 4.55 Å². The molecule has 1 heterocycles. The quantitative estimate of drug-likeness (QED) is 0.201. The van der Waals surface area contributed by atoms with Gasteiger partial charge in [0.25, 0.3) is 5.56 Å². The maximum Gasteiger partial charge on any atom is 0.397 e. The van der Waals surface area contributed by atoms with Crippen LogP contribution in [-0.4, -0.2) is 24.6 Å². The molecule has 1 aromatic heterocycles. The summed E-state index contributed by atoms with van der Waals surface area (Å²) in [5, 5.41) is 1.07. The summed E-state index contributed by atoms with van der Waals surface area (Å²) in [5.74, 6) is 0. The fourth-order valence-corrected chi connectivity index (χ4v) is 3.67. The van der Waals surface area contributed by atoms with Crippen LogP contribution in [0.4, 0.5) is 0 Å². The molecule has 0 radical (unpaired) electrons. The zero-order chi connectivity index (χ0) is 21.5. The fraction of sp³-hybridized carbons (Fsp3) is 0.571. The first-order valence-electron chi connectivity index (χ1n) is 10.2. The number of H-pyrrole nitrogens is 1. The first kappa shape index (κ1) is 26.1. The Morgan fingerprint density at radius 2 is 1.52 bits per heavy atom. The number of hydrogen-bond donors (Lipinski definition) is 2. The lowest BCUT2D eigenvalue weighted by molar-refractivity contribution is 0.261. The molecule has 0 aliphatic heterocycles. The SMILES string of the molecule is CCCCCCCCCCCCOS(=O)(=O)O.O=c1[nH]c2ccccc2cc1I. The Bertz CT molecular complexity index is 867. The molecule has 164 valence electrons. The molecule has 2 aromatic rings. The molecule has 0 amide bonds. The molecule has 2 rings (SSSR count). The third kappa shape index (κ3) is 13.0. The van der Waals surface area contributed by atoms with Crippen molar-refractivity contribution in [3.8, 4) is 0 Å². The number of fused-ring (bicyclic) bond motifs is 1. The van der Waals surface area contributed by atoms with Crippen molar-refractivity contribution >= 4 is 43.9 Å². The number of pyridine rings is 1. The zero-order valence-electron chi connectivity index (χ0n) is 17.0. The molecule has 0 fully saturated rings. The van der Waals surface area contributed by atoms with Crippen LogP contribution in [0.2, 0.25) is 0 Å². The summed E-state index contributed by atoms with van der Waals surface area (Å²) in [6.45, 7) is 2.31. The third-order valence-electron chi connectivity index (χ3n) is 4.44. The van der Waals surface area contributed by atoms with Crippen LogP contribution in [0.1, 0.15) is 71.1 Å². The molecule has 0 unspecified atom stereocenters. The monoisotopic (exact) mass is 537 g/mol. The molecule has 0 bridgehead atoms. The molecular formula is C21H32INO5S.